The van der Waals surface area contributed by atoms with Crippen molar-refractivity contribution in [2.24, 2.45) is 5.92 Å². The Balaban J connectivity index is 1.79. The molecule has 32 heavy (non-hydrogen) atoms. The Bertz CT molecular complexity index is 962. The van der Waals surface area contributed by atoms with E-state index < -0.39 is 46.3 Å². The lowest BCUT2D eigenvalue weighted by Crippen LogP contribution is -2.26. The molecule has 0 aliphatic heterocycles. The molecule has 1 aliphatic carbocycles. The summed E-state index contributed by atoms with van der Waals surface area (Å²) in [5, 5.41) is 8.64. The number of alkyl halides is 2. The van der Waals surface area contributed by atoms with Gasteiger partial charge < -0.3 is 4.74 Å². The molecule has 1 aliphatic rings. The molecular formula is C24H23F6NO. The van der Waals surface area contributed by atoms with Crippen LogP contribution >= 0.6 is 0 Å². The number of ether oxygens (including phenoxy) is 1. The number of hydrogen-bond acceptors (Lipinski definition) is 2. The minimum atomic E-state index is -4.53. The van der Waals surface area contributed by atoms with Gasteiger partial charge in [-0.25, -0.2) is 17.6 Å². The summed E-state index contributed by atoms with van der Waals surface area (Å²) in [5.74, 6) is -6.39. The van der Waals surface area contributed by atoms with E-state index in [4.69, 9.17) is 5.26 Å². The van der Waals surface area contributed by atoms with Crippen molar-refractivity contribution in [3.05, 3.63) is 64.2 Å². The largest absolute Gasteiger partial charge is 0.432 e. The smallest absolute Gasteiger partial charge is 0.429 e. The number of hydrogen-bond donors (Lipinski definition) is 0. The molecule has 8 heteroatoms. The fourth-order valence-corrected chi connectivity index (χ4v) is 4.30. The highest BCUT2D eigenvalue weighted by molar-refractivity contribution is 5.39. The molecule has 1 fully saturated rings. The maximum absolute atomic E-state index is 14.6. The van der Waals surface area contributed by atoms with Crippen LogP contribution in [0.5, 0.6) is 5.75 Å². The molecule has 0 amide bonds. The second-order valence-electron chi connectivity index (χ2n) is 8.21. The standard InChI is InChI=1S/C24H23F6NO/c1-2-3-4-14-5-7-15(8-6-14)16-9-21(27)23(22(28)10-16)24(29,30)32-17-11-19(25)18(13-31)20(26)12-17/h9-12,14-15H,2-8H2,1H3. The first-order valence-corrected chi connectivity index (χ1v) is 10.6. The molecule has 0 bridgehead atoms. The molecule has 0 unspecified atom stereocenters. The third kappa shape index (κ3) is 5.20. The molecule has 2 nitrogen and oxygen atoms in total. The summed E-state index contributed by atoms with van der Waals surface area (Å²) >= 11 is 0. The molecule has 0 saturated heterocycles. The van der Waals surface area contributed by atoms with Gasteiger partial charge >= 0.3 is 6.11 Å². The van der Waals surface area contributed by atoms with Crippen molar-refractivity contribution >= 4 is 0 Å². The van der Waals surface area contributed by atoms with Crippen LogP contribution in [0.1, 0.15) is 74.5 Å². The number of halogens is 6. The first kappa shape index (κ1) is 24.0. The van der Waals surface area contributed by atoms with Gasteiger partial charge in [0.05, 0.1) is 0 Å². The SMILES string of the molecule is CCCCC1CCC(c2cc(F)c(C(F)(F)Oc3cc(F)c(C#N)c(F)c3)c(F)c2)CC1. The normalized spacial score (nSPS) is 18.9. The van der Waals surface area contributed by atoms with E-state index in [1.165, 1.54) is 6.07 Å². The summed E-state index contributed by atoms with van der Waals surface area (Å²) in [7, 11) is 0. The van der Waals surface area contributed by atoms with Crippen molar-refractivity contribution in [1.29, 1.82) is 5.26 Å². The minimum Gasteiger partial charge on any atom is -0.429 e. The van der Waals surface area contributed by atoms with Gasteiger partial charge in [0.25, 0.3) is 0 Å². The van der Waals surface area contributed by atoms with Crippen molar-refractivity contribution in [3.63, 3.8) is 0 Å². The first-order valence-electron chi connectivity index (χ1n) is 10.6. The minimum absolute atomic E-state index is 0.123. The zero-order valence-corrected chi connectivity index (χ0v) is 17.5. The second-order valence-corrected chi connectivity index (χ2v) is 8.21. The van der Waals surface area contributed by atoms with Gasteiger partial charge in [-0.2, -0.15) is 14.0 Å². The van der Waals surface area contributed by atoms with Gasteiger partial charge in [-0.05, 0) is 55.2 Å². The molecule has 2 aromatic carbocycles. The summed E-state index contributed by atoms with van der Waals surface area (Å²) in [5.41, 5.74) is -2.31. The topological polar surface area (TPSA) is 33.0 Å². The molecule has 2 aromatic rings. The molecule has 0 radical (unpaired) electrons. The van der Waals surface area contributed by atoms with Crippen LogP contribution in [0.3, 0.4) is 0 Å². The fraction of sp³-hybridized carbons (Fsp3) is 0.458. The van der Waals surface area contributed by atoms with Crippen LogP contribution in [0, 0.1) is 40.5 Å². The van der Waals surface area contributed by atoms with Crippen LogP contribution in [-0.2, 0) is 6.11 Å². The van der Waals surface area contributed by atoms with Crippen LogP contribution in [0.2, 0.25) is 0 Å². The highest BCUT2D eigenvalue weighted by atomic mass is 19.3. The van der Waals surface area contributed by atoms with E-state index in [2.05, 4.69) is 11.7 Å². The van der Waals surface area contributed by atoms with Crippen LogP contribution in [0.15, 0.2) is 24.3 Å². The van der Waals surface area contributed by atoms with Crippen LogP contribution in [0.25, 0.3) is 0 Å². The number of nitrogens with zero attached hydrogens (tertiary/aromatic N) is 1. The zero-order chi connectivity index (χ0) is 23.5. The van der Waals surface area contributed by atoms with E-state index in [1.54, 1.807) is 0 Å². The van der Waals surface area contributed by atoms with E-state index in [1.807, 2.05) is 0 Å². The predicted octanol–water partition coefficient (Wildman–Crippen LogP) is 7.71. The molecule has 0 heterocycles. The van der Waals surface area contributed by atoms with Crippen molar-refractivity contribution < 1.29 is 31.1 Å². The summed E-state index contributed by atoms with van der Waals surface area (Å²) < 4.78 is 89.8. The lowest BCUT2D eigenvalue weighted by Gasteiger charge is -2.29. The third-order valence-electron chi connectivity index (χ3n) is 6.01. The molecule has 0 aromatic heterocycles. The van der Waals surface area contributed by atoms with Crippen molar-refractivity contribution in [3.8, 4) is 11.8 Å². The molecular weight excluding hydrogens is 432 g/mol. The maximum Gasteiger partial charge on any atom is 0.432 e. The first-order chi connectivity index (χ1) is 15.2. The van der Waals surface area contributed by atoms with E-state index in [0.717, 1.165) is 57.1 Å². The van der Waals surface area contributed by atoms with Crippen LogP contribution < -0.4 is 4.74 Å². The van der Waals surface area contributed by atoms with Gasteiger partial charge in [0.2, 0.25) is 0 Å². The van der Waals surface area contributed by atoms with Crippen LogP contribution in [-0.4, -0.2) is 0 Å². The third-order valence-corrected chi connectivity index (χ3v) is 6.01. The van der Waals surface area contributed by atoms with Gasteiger partial charge in [0.15, 0.2) is 0 Å². The zero-order valence-electron chi connectivity index (χ0n) is 17.5. The molecule has 172 valence electrons. The van der Waals surface area contributed by atoms with Crippen molar-refractivity contribution in [1.82, 2.24) is 0 Å². The van der Waals surface area contributed by atoms with Gasteiger partial charge in [0, 0.05) is 12.1 Å². The average Bonchev–Trinajstić information content (AvgIpc) is 2.71. The monoisotopic (exact) mass is 455 g/mol. The molecule has 1 saturated carbocycles. The van der Waals surface area contributed by atoms with Crippen molar-refractivity contribution in [2.75, 3.05) is 0 Å². The molecule has 3 rings (SSSR count). The molecule has 0 spiro atoms. The quantitative estimate of drug-likeness (QED) is 0.401. The Labute approximate surface area is 182 Å². The van der Waals surface area contributed by atoms with Gasteiger partial charge in [-0.3, -0.25) is 0 Å². The number of benzene rings is 2. The van der Waals surface area contributed by atoms with E-state index in [-0.39, 0.29) is 5.92 Å². The lowest BCUT2D eigenvalue weighted by atomic mass is 9.77. The molecule has 0 atom stereocenters. The highest BCUT2D eigenvalue weighted by Crippen LogP contribution is 2.41. The van der Waals surface area contributed by atoms with Gasteiger partial charge in [-0.1, -0.05) is 26.2 Å². The Morgan fingerprint density at radius 2 is 1.50 bits per heavy atom. The van der Waals surface area contributed by atoms with Gasteiger partial charge in [0.1, 0.15) is 46.2 Å². The van der Waals surface area contributed by atoms with Crippen molar-refractivity contribution in [2.45, 2.75) is 63.9 Å². The van der Waals surface area contributed by atoms with E-state index >= 15 is 0 Å². The Morgan fingerprint density at radius 3 is 2.00 bits per heavy atom. The Kier molecular flexibility index (Phi) is 7.37. The lowest BCUT2D eigenvalue weighted by molar-refractivity contribution is -0.189. The van der Waals surface area contributed by atoms with Crippen LogP contribution in [0.4, 0.5) is 26.3 Å². The summed E-state index contributed by atoms with van der Waals surface area (Å²) in [4.78, 5) is 0. The fourth-order valence-electron chi connectivity index (χ4n) is 4.30. The Morgan fingerprint density at radius 1 is 0.938 bits per heavy atom. The number of rotatable bonds is 7. The second kappa shape index (κ2) is 9.85. The number of nitriles is 1. The van der Waals surface area contributed by atoms with E-state index in [0.29, 0.717) is 23.6 Å². The van der Waals surface area contributed by atoms with E-state index in [9.17, 15) is 26.3 Å². The summed E-state index contributed by atoms with van der Waals surface area (Å²) in [6.07, 6.45) is 2.12. The summed E-state index contributed by atoms with van der Waals surface area (Å²) in [6.45, 7) is 2.12. The number of unbranched alkanes of at least 4 members (excludes halogenated alkanes) is 1. The average molecular weight is 455 g/mol. The Hall–Kier alpha value is -2.69. The molecule has 0 N–H and O–H groups in total. The summed E-state index contributed by atoms with van der Waals surface area (Å²) in [6, 6.07) is 3.72. The highest BCUT2D eigenvalue weighted by Gasteiger charge is 2.42. The predicted molar refractivity (Wildman–Crippen MR) is 106 cm³/mol. The van der Waals surface area contributed by atoms with Gasteiger partial charge in [-0.15, -0.1) is 0 Å². The maximum atomic E-state index is 14.6.